The second kappa shape index (κ2) is 8.53. The number of carbonyl (C=O) groups excluding carboxylic acids is 2. The Hall–Kier alpha value is -2.55. The van der Waals surface area contributed by atoms with E-state index in [1.165, 1.54) is 0 Å². The molecule has 1 N–H and O–H groups in total. The molecule has 2 atom stereocenters. The molecule has 1 aromatic rings. The molecule has 1 saturated carbocycles. The Labute approximate surface area is 183 Å². The van der Waals surface area contributed by atoms with E-state index < -0.39 is 10.0 Å². The number of benzene rings is 1. The molecule has 1 aliphatic carbocycles. The van der Waals surface area contributed by atoms with Crippen LogP contribution in [0.2, 0.25) is 0 Å². The molecular formula is C22H30N4O4S. The highest BCUT2D eigenvalue weighted by atomic mass is 32.2. The first kappa shape index (κ1) is 21.7. The van der Waals surface area contributed by atoms with Gasteiger partial charge in [-0.25, -0.2) is 8.42 Å². The van der Waals surface area contributed by atoms with Gasteiger partial charge in [0, 0.05) is 56.4 Å². The molecular weight excluding hydrogens is 416 g/mol. The zero-order valence-corrected chi connectivity index (χ0v) is 18.9. The number of sulfonamides is 1. The summed E-state index contributed by atoms with van der Waals surface area (Å²) in [6, 6.07) is 9.30. The Bertz CT molecular complexity index is 984. The highest BCUT2D eigenvalue weighted by Gasteiger charge is 2.44. The van der Waals surface area contributed by atoms with Crippen molar-refractivity contribution in [1.82, 2.24) is 19.4 Å². The summed E-state index contributed by atoms with van der Waals surface area (Å²) in [5.41, 5.74) is 1.65. The van der Waals surface area contributed by atoms with E-state index in [2.05, 4.69) is 9.62 Å². The van der Waals surface area contributed by atoms with Crippen LogP contribution in [0.1, 0.15) is 36.0 Å². The highest BCUT2D eigenvalue weighted by molar-refractivity contribution is 7.88. The summed E-state index contributed by atoms with van der Waals surface area (Å²) in [6.45, 7) is 2.21. The summed E-state index contributed by atoms with van der Waals surface area (Å²) < 4.78 is 26.6. The summed E-state index contributed by atoms with van der Waals surface area (Å²) in [5, 5.41) is 0. The van der Waals surface area contributed by atoms with Gasteiger partial charge in [0.2, 0.25) is 10.0 Å². The van der Waals surface area contributed by atoms with E-state index in [9.17, 15) is 18.0 Å². The number of piperazine rings is 1. The third kappa shape index (κ3) is 4.42. The molecule has 0 bridgehead atoms. The van der Waals surface area contributed by atoms with Crippen LogP contribution in [-0.2, 0) is 14.8 Å². The molecule has 0 aromatic heterocycles. The Morgan fingerprint density at radius 2 is 1.68 bits per heavy atom. The number of likely N-dealkylation sites (N-methyl/N-ethyl adjacent to an activating group) is 1. The number of rotatable bonds is 4. The fourth-order valence-electron chi connectivity index (χ4n) is 5.10. The molecule has 2 fully saturated rings. The number of hydrogen-bond donors (Lipinski definition) is 1. The number of carbonyl (C=O) groups is 2. The van der Waals surface area contributed by atoms with Crippen LogP contribution < -0.4 is 4.72 Å². The minimum atomic E-state index is -3.60. The monoisotopic (exact) mass is 446 g/mol. The number of hydrogen-bond acceptors (Lipinski definition) is 5. The van der Waals surface area contributed by atoms with Crippen molar-refractivity contribution in [3.63, 3.8) is 0 Å². The molecule has 3 aliphatic rings. The van der Waals surface area contributed by atoms with E-state index in [4.69, 9.17) is 0 Å². The van der Waals surface area contributed by atoms with Crippen molar-refractivity contribution >= 4 is 21.8 Å². The van der Waals surface area contributed by atoms with Gasteiger partial charge >= 0.3 is 0 Å². The molecule has 31 heavy (non-hydrogen) atoms. The number of nitrogens with one attached hydrogen (secondary N) is 1. The van der Waals surface area contributed by atoms with Crippen LogP contribution in [0.25, 0.3) is 0 Å². The first-order valence-corrected chi connectivity index (χ1v) is 12.7. The lowest BCUT2D eigenvalue weighted by molar-refractivity contribution is -0.131. The molecule has 0 radical (unpaired) electrons. The fraction of sp³-hybridized carbons (Fsp3) is 0.545. The smallest absolute Gasteiger partial charge is 0.272 e. The van der Waals surface area contributed by atoms with Crippen LogP contribution in [0.5, 0.6) is 0 Å². The molecule has 9 heteroatoms. The Morgan fingerprint density at radius 1 is 1.03 bits per heavy atom. The maximum absolute atomic E-state index is 13.1. The Kier molecular flexibility index (Phi) is 5.96. The number of fused-ring (bicyclic) bond motifs is 1. The predicted molar refractivity (Wildman–Crippen MR) is 117 cm³/mol. The fourth-order valence-corrected chi connectivity index (χ4v) is 5.67. The second-order valence-corrected chi connectivity index (χ2v) is 10.4. The van der Waals surface area contributed by atoms with Gasteiger partial charge in [-0.3, -0.25) is 14.3 Å². The highest BCUT2D eigenvalue weighted by Crippen LogP contribution is 2.40. The lowest BCUT2D eigenvalue weighted by Crippen LogP contribution is -2.57. The molecule has 8 nitrogen and oxygen atoms in total. The van der Waals surface area contributed by atoms with E-state index >= 15 is 0 Å². The first-order valence-electron chi connectivity index (χ1n) is 10.8. The average Bonchev–Trinajstić information content (AvgIpc) is 2.77. The van der Waals surface area contributed by atoms with Crippen LogP contribution in [-0.4, -0.2) is 80.5 Å². The van der Waals surface area contributed by atoms with Crippen molar-refractivity contribution in [2.75, 3.05) is 39.5 Å². The summed E-state index contributed by atoms with van der Waals surface area (Å²) in [7, 11) is -1.83. The van der Waals surface area contributed by atoms with E-state index in [1.54, 1.807) is 11.9 Å². The quantitative estimate of drug-likeness (QED) is 0.752. The topological polar surface area (TPSA) is 90.0 Å². The van der Waals surface area contributed by atoms with Gasteiger partial charge in [-0.15, -0.1) is 0 Å². The van der Waals surface area contributed by atoms with Crippen LogP contribution >= 0.6 is 0 Å². The minimum Gasteiger partial charge on any atom is -0.369 e. The van der Waals surface area contributed by atoms with Gasteiger partial charge in [0.05, 0.1) is 6.26 Å². The van der Waals surface area contributed by atoms with Gasteiger partial charge in [0.25, 0.3) is 11.8 Å². The van der Waals surface area contributed by atoms with E-state index in [1.807, 2.05) is 35.2 Å². The summed E-state index contributed by atoms with van der Waals surface area (Å²) in [6.07, 6.45) is 5.06. The van der Waals surface area contributed by atoms with Gasteiger partial charge in [-0.1, -0.05) is 31.0 Å². The molecule has 1 aromatic carbocycles. The van der Waals surface area contributed by atoms with E-state index in [0.29, 0.717) is 31.7 Å². The van der Waals surface area contributed by atoms with Crippen molar-refractivity contribution < 1.29 is 18.0 Å². The lowest BCUT2D eigenvalue weighted by Gasteiger charge is -2.48. The van der Waals surface area contributed by atoms with Gasteiger partial charge in [0.15, 0.2) is 0 Å². The van der Waals surface area contributed by atoms with Crippen molar-refractivity contribution in [3.8, 4) is 0 Å². The van der Waals surface area contributed by atoms with Crippen LogP contribution in [0.3, 0.4) is 0 Å². The normalized spacial score (nSPS) is 24.8. The van der Waals surface area contributed by atoms with E-state index in [0.717, 1.165) is 37.6 Å². The molecule has 2 aliphatic heterocycles. The largest absolute Gasteiger partial charge is 0.369 e. The van der Waals surface area contributed by atoms with Crippen LogP contribution in [0.4, 0.5) is 0 Å². The van der Waals surface area contributed by atoms with Crippen molar-refractivity contribution in [3.05, 3.63) is 47.3 Å². The van der Waals surface area contributed by atoms with Gasteiger partial charge < -0.3 is 14.7 Å². The van der Waals surface area contributed by atoms with Crippen molar-refractivity contribution in [1.29, 1.82) is 0 Å². The average molecular weight is 447 g/mol. The Morgan fingerprint density at radius 3 is 2.32 bits per heavy atom. The summed E-state index contributed by atoms with van der Waals surface area (Å²) in [4.78, 5) is 31.6. The zero-order valence-electron chi connectivity index (χ0n) is 18.1. The van der Waals surface area contributed by atoms with Gasteiger partial charge in [-0.05, 0) is 25.0 Å². The lowest BCUT2D eigenvalue weighted by atomic mass is 9.78. The zero-order chi connectivity index (χ0) is 22.2. The molecule has 0 spiro atoms. The number of nitrogens with zero attached hydrogens (tertiary/aromatic N) is 3. The van der Waals surface area contributed by atoms with Gasteiger partial charge in [0.1, 0.15) is 5.70 Å². The minimum absolute atomic E-state index is 0.00119. The Balaban J connectivity index is 1.60. The van der Waals surface area contributed by atoms with Gasteiger partial charge in [-0.2, -0.15) is 0 Å². The summed E-state index contributed by atoms with van der Waals surface area (Å²) >= 11 is 0. The maximum atomic E-state index is 13.1. The molecule has 168 valence electrons. The standard InChI is InChI=1S/C22H30N4O4S/c1-24-18-11-7-6-10-17(18)20(19(22(24)28)23-31(2,29)30)25-12-14-26(15-13-25)21(27)16-8-4-3-5-9-16/h3-5,8-9,17-18,23H,6-7,10-15H2,1-2H3. The third-order valence-electron chi connectivity index (χ3n) is 6.58. The predicted octanol–water partition coefficient (Wildman–Crippen LogP) is 1.24. The third-order valence-corrected chi connectivity index (χ3v) is 7.16. The maximum Gasteiger partial charge on any atom is 0.272 e. The SMILES string of the molecule is CN1C(=O)C(NS(C)(=O)=O)=C(N2CCN(C(=O)c3ccccc3)CC2)C2CCCCC21. The van der Waals surface area contributed by atoms with E-state index in [-0.39, 0.29) is 29.5 Å². The van der Waals surface area contributed by atoms with Crippen molar-refractivity contribution in [2.45, 2.75) is 31.7 Å². The first-order chi connectivity index (χ1) is 14.8. The molecule has 2 heterocycles. The second-order valence-electron chi connectivity index (χ2n) is 8.65. The van der Waals surface area contributed by atoms with Crippen LogP contribution in [0, 0.1) is 5.92 Å². The molecule has 4 rings (SSSR count). The number of amides is 2. The molecule has 2 unspecified atom stereocenters. The molecule has 2 amide bonds. The van der Waals surface area contributed by atoms with Crippen molar-refractivity contribution in [2.24, 2.45) is 5.92 Å². The summed E-state index contributed by atoms with van der Waals surface area (Å²) in [5.74, 6) is -0.165. The van der Waals surface area contributed by atoms with Crippen LogP contribution in [0.15, 0.2) is 41.7 Å². The molecule has 1 saturated heterocycles.